The lowest BCUT2D eigenvalue weighted by atomic mass is 9.92. The number of benzene rings is 1. The summed E-state index contributed by atoms with van der Waals surface area (Å²) in [7, 11) is -3.53. The fraction of sp³-hybridized carbons (Fsp3) is 0.632. The molecule has 0 atom stereocenters. The standard InChI is InChI=1S/C19H27N3O4S/c23-18-5-4-16-14-17(13-15-3-1-8-22(18)19(15)16)27(24,25)20-6-2-7-21-9-11-26-12-10-21/h13-14,20H,1-12H2. The molecule has 0 aromatic heterocycles. The van der Waals surface area contributed by atoms with E-state index in [4.69, 9.17) is 4.74 Å². The van der Waals surface area contributed by atoms with E-state index in [0.29, 0.717) is 24.3 Å². The first-order valence-corrected chi connectivity index (χ1v) is 11.3. The van der Waals surface area contributed by atoms with E-state index in [-0.39, 0.29) is 5.91 Å². The van der Waals surface area contributed by atoms with Crippen molar-refractivity contribution in [1.29, 1.82) is 0 Å². The molecule has 0 aliphatic carbocycles. The van der Waals surface area contributed by atoms with Gasteiger partial charge in [-0.15, -0.1) is 0 Å². The molecule has 0 unspecified atom stereocenters. The van der Waals surface area contributed by atoms with E-state index in [1.165, 1.54) is 0 Å². The first-order valence-electron chi connectivity index (χ1n) is 9.80. The Morgan fingerprint density at radius 1 is 1.04 bits per heavy atom. The Kier molecular flexibility index (Phi) is 5.50. The van der Waals surface area contributed by atoms with Gasteiger partial charge in [0.15, 0.2) is 0 Å². The van der Waals surface area contributed by atoms with Gasteiger partial charge in [0.25, 0.3) is 0 Å². The van der Waals surface area contributed by atoms with Gasteiger partial charge in [0.05, 0.1) is 23.8 Å². The highest BCUT2D eigenvalue weighted by atomic mass is 32.2. The molecule has 7 nitrogen and oxygen atoms in total. The highest BCUT2D eigenvalue weighted by molar-refractivity contribution is 7.89. The first-order chi connectivity index (χ1) is 13.0. The quantitative estimate of drug-likeness (QED) is 0.727. The molecule has 1 fully saturated rings. The summed E-state index contributed by atoms with van der Waals surface area (Å²) in [4.78, 5) is 16.6. The third-order valence-electron chi connectivity index (χ3n) is 5.61. The van der Waals surface area contributed by atoms with Crippen LogP contribution in [0.2, 0.25) is 0 Å². The number of ether oxygens (including phenoxy) is 1. The van der Waals surface area contributed by atoms with E-state index in [1.54, 1.807) is 12.1 Å². The zero-order chi connectivity index (χ0) is 18.9. The summed E-state index contributed by atoms with van der Waals surface area (Å²) < 4.78 is 33.6. The SMILES string of the molecule is O=C1CCc2cc(S(=O)(=O)NCCCN3CCOCC3)cc3c2N1CCC3. The number of morpholine rings is 1. The Bertz CT molecular complexity index is 801. The van der Waals surface area contributed by atoms with Crippen LogP contribution >= 0.6 is 0 Å². The molecule has 0 saturated carbocycles. The Morgan fingerprint density at radius 3 is 2.56 bits per heavy atom. The lowest BCUT2D eigenvalue weighted by molar-refractivity contribution is -0.119. The third-order valence-corrected chi connectivity index (χ3v) is 7.05. The predicted octanol–water partition coefficient (Wildman–Crippen LogP) is 0.913. The topological polar surface area (TPSA) is 79.0 Å². The summed E-state index contributed by atoms with van der Waals surface area (Å²) in [6, 6.07) is 3.52. The Morgan fingerprint density at radius 2 is 1.78 bits per heavy atom. The minimum Gasteiger partial charge on any atom is -0.379 e. The van der Waals surface area contributed by atoms with Crippen molar-refractivity contribution in [1.82, 2.24) is 9.62 Å². The van der Waals surface area contributed by atoms with Crippen LogP contribution in [0.3, 0.4) is 0 Å². The van der Waals surface area contributed by atoms with Crippen LogP contribution in [0.25, 0.3) is 0 Å². The molecule has 1 aromatic carbocycles. The maximum Gasteiger partial charge on any atom is 0.240 e. The van der Waals surface area contributed by atoms with Crippen molar-refractivity contribution in [2.75, 3.05) is 50.8 Å². The van der Waals surface area contributed by atoms with Gasteiger partial charge in [-0.25, -0.2) is 13.1 Å². The van der Waals surface area contributed by atoms with Gasteiger partial charge >= 0.3 is 0 Å². The van der Waals surface area contributed by atoms with E-state index in [0.717, 1.165) is 75.5 Å². The van der Waals surface area contributed by atoms with Crippen molar-refractivity contribution in [3.05, 3.63) is 23.3 Å². The Labute approximate surface area is 160 Å². The summed E-state index contributed by atoms with van der Waals surface area (Å²) in [5.74, 6) is 0.153. The van der Waals surface area contributed by atoms with Crippen LogP contribution < -0.4 is 9.62 Å². The van der Waals surface area contributed by atoms with Crippen LogP contribution in [-0.4, -0.2) is 65.2 Å². The van der Waals surface area contributed by atoms with Crippen molar-refractivity contribution in [3.8, 4) is 0 Å². The van der Waals surface area contributed by atoms with Crippen molar-refractivity contribution in [2.45, 2.75) is 37.0 Å². The maximum absolute atomic E-state index is 12.8. The molecule has 0 bridgehead atoms. The normalized spacial score (nSPS) is 20.6. The van der Waals surface area contributed by atoms with Gasteiger partial charge in [0, 0.05) is 32.6 Å². The number of aryl methyl sites for hydroxylation is 2. The van der Waals surface area contributed by atoms with Crippen LogP contribution in [0.15, 0.2) is 17.0 Å². The van der Waals surface area contributed by atoms with Gasteiger partial charge in [-0.05, 0) is 55.5 Å². The van der Waals surface area contributed by atoms with Gasteiger partial charge in [0.2, 0.25) is 15.9 Å². The number of hydrogen-bond donors (Lipinski definition) is 1. The van der Waals surface area contributed by atoms with E-state index in [9.17, 15) is 13.2 Å². The largest absolute Gasteiger partial charge is 0.379 e. The van der Waals surface area contributed by atoms with E-state index < -0.39 is 10.0 Å². The second kappa shape index (κ2) is 7.87. The highest BCUT2D eigenvalue weighted by Gasteiger charge is 2.31. The molecular formula is C19H27N3O4S. The first kappa shape index (κ1) is 18.9. The number of sulfonamides is 1. The van der Waals surface area contributed by atoms with E-state index in [1.807, 2.05) is 4.90 Å². The molecule has 3 aliphatic heterocycles. The molecule has 1 N–H and O–H groups in total. The monoisotopic (exact) mass is 393 g/mol. The Hall–Kier alpha value is -1.48. The zero-order valence-corrected chi connectivity index (χ0v) is 16.4. The van der Waals surface area contributed by atoms with Crippen LogP contribution in [0.4, 0.5) is 5.69 Å². The molecular weight excluding hydrogens is 366 g/mol. The number of amides is 1. The van der Waals surface area contributed by atoms with E-state index in [2.05, 4.69) is 9.62 Å². The van der Waals surface area contributed by atoms with Gasteiger partial charge < -0.3 is 9.64 Å². The molecule has 8 heteroatoms. The van der Waals surface area contributed by atoms with Gasteiger partial charge in [-0.3, -0.25) is 9.69 Å². The molecule has 148 valence electrons. The second-order valence-electron chi connectivity index (χ2n) is 7.44. The van der Waals surface area contributed by atoms with Crippen LogP contribution in [0.5, 0.6) is 0 Å². The van der Waals surface area contributed by atoms with Crippen LogP contribution in [0, 0.1) is 0 Å². The molecule has 1 aromatic rings. The van der Waals surface area contributed by atoms with Crippen molar-refractivity contribution < 1.29 is 17.9 Å². The summed E-state index contributed by atoms with van der Waals surface area (Å²) in [6.07, 6.45) is 3.57. The molecule has 4 rings (SSSR count). The molecule has 1 saturated heterocycles. The minimum absolute atomic E-state index is 0.153. The average Bonchev–Trinajstić information content (AvgIpc) is 2.69. The third kappa shape index (κ3) is 4.03. The maximum atomic E-state index is 12.8. The average molecular weight is 394 g/mol. The van der Waals surface area contributed by atoms with Crippen LogP contribution in [-0.2, 0) is 32.4 Å². The molecule has 0 spiro atoms. The number of nitrogens with zero attached hydrogens (tertiary/aromatic N) is 2. The van der Waals surface area contributed by atoms with Gasteiger partial charge in [0.1, 0.15) is 0 Å². The fourth-order valence-electron chi connectivity index (χ4n) is 4.19. The van der Waals surface area contributed by atoms with E-state index >= 15 is 0 Å². The molecule has 0 radical (unpaired) electrons. The fourth-order valence-corrected chi connectivity index (χ4v) is 5.37. The molecule has 1 amide bonds. The van der Waals surface area contributed by atoms with Gasteiger partial charge in [-0.1, -0.05) is 0 Å². The zero-order valence-electron chi connectivity index (χ0n) is 15.6. The van der Waals surface area contributed by atoms with Gasteiger partial charge in [-0.2, -0.15) is 0 Å². The number of rotatable bonds is 6. The number of anilines is 1. The van der Waals surface area contributed by atoms with Crippen molar-refractivity contribution >= 4 is 21.6 Å². The van der Waals surface area contributed by atoms with Crippen molar-refractivity contribution in [3.63, 3.8) is 0 Å². The highest BCUT2D eigenvalue weighted by Crippen LogP contribution is 2.37. The van der Waals surface area contributed by atoms with Crippen LogP contribution in [0.1, 0.15) is 30.4 Å². The summed E-state index contributed by atoms with van der Waals surface area (Å²) in [6.45, 7) is 5.37. The van der Waals surface area contributed by atoms with Crippen molar-refractivity contribution in [2.24, 2.45) is 0 Å². The molecule has 3 heterocycles. The molecule has 27 heavy (non-hydrogen) atoms. The minimum atomic E-state index is -3.53. The molecule has 3 aliphatic rings. The number of carbonyl (C=O) groups is 1. The predicted molar refractivity (Wildman–Crippen MR) is 103 cm³/mol. The number of nitrogens with one attached hydrogen (secondary N) is 1. The second-order valence-corrected chi connectivity index (χ2v) is 9.21. The Balaban J connectivity index is 1.43. The number of carbonyl (C=O) groups excluding carboxylic acids is 1. The summed E-state index contributed by atoms with van der Waals surface area (Å²) in [5, 5.41) is 0. The lowest BCUT2D eigenvalue weighted by Gasteiger charge is -2.35. The number of hydrogen-bond acceptors (Lipinski definition) is 5. The lowest BCUT2D eigenvalue weighted by Crippen LogP contribution is -2.39. The summed E-state index contributed by atoms with van der Waals surface area (Å²) >= 11 is 0. The smallest absolute Gasteiger partial charge is 0.240 e. The summed E-state index contributed by atoms with van der Waals surface area (Å²) in [5.41, 5.74) is 2.93.